The lowest BCUT2D eigenvalue weighted by molar-refractivity contribution is -0.153. The normalized spacial score (nSPS) is 13.1. The second-order valence-corrected chi connectivity index (χ2v) is 7.19. The summed E-state index contributed by atoms with van der Waals surface area (Å²) in [6.07, 6.45) is -1.71. The van der Waals surface area contributed by atoms with Gasteiger partial charge in [-0.05, 0) is 36.6 Å². The van der Waals surface area contributed by atoms with Gasteiger partial charge in [0, 0.05) is 25.0 Å². The SMILES string of the molecule is CC(C)CN=C(N)Nc1cc(C(C)NC(=O)c2cc(OCC(F)(F)F)ccn2)ccn1. The summed E-state index contributed by atoms with van der Waals surface area (Å²) in [6.45, 7) is 4.91. The number of rotatable bonds is 8. The van der Waals surface area contributed by atoms with Crippen molar-refractivity contribution in [1.29, 1.82) is 0 Å². The molecule has 0 aromatic carbocycles. The number of hydrogen-bond acceptors (Lipinski definition) is 5. The first kappa shape index (κ1) is 23.9. The number of anilines is 1. The van der Waals surface area contributed by atoms with E-state index in [9.17, 15) is 18.0 Å². The van der Waals surface area contributed by atoms with E-state index in [2.05, 4.69) is 30.3 Å². The van der Waals surface area contributed by atoms with Crippen LogP contribution in [-0.4, -0.2) is 41.2 Å². The molecule has 0 saturated carbocycles. The van der Waals surface area contributed by atoms with E-state index in [-0.39, 0.29) is 17.4 Å². The smallest absolute Gasteiger partial charge is 0.422 e. The van der Waals surface area contributed by atoms with Crippen molar-refractivity contribution in [2.45, 2.75) is 33.0 Å². The summed E-state index contributed by atoms with van der Waals surface area (Å²) >= 11 is 0. The van der Waals surface area contributed by atoms with Crippen LogP contribution in [0.3, 0.4) is 0 Å². The molecular formula is C20H25F3N6O2. The molecule has 1 amide bonds. The molecule has 0 aliphatic heterocycles. The second kappa shape index (κ2) is 10.6. The predicted octanol–water partition coefficient (Wildman–Crippen LogP) is 3.29. The van der Waals surface area contributed by atoms with Gasteiger partial charge in [0.1, 0.15) is 17.3 Å². The molecule has 8 nitrogen and oxygen atoms in total. The quantitative estimate of drug-likeness (QED) is 0.430. The van der Waals surface area contributed by atoms with E-state index in [1.165, 1.54) is 12.3 Å². The number of pyridine rings is 2. The van der Waals surface area contributed by atoms with E-state index in [1.54, 1.807) is 25.3 Å². The third-order valence-corrected chi connectivity index (χ3v) is 3.88. The highest BCUT2D eigenvalue weighted by atomic mass is 19.4. The zero-order valence-electron chi connectivity index (χ0n) is 17.4. The minimum Gasteiger partial charge on any atom is -0.484 e. The van der Waals surface area contributed by atoms with Crippen LogP contribution in [0.1, 0.15) is 42.9 Å². The van der Waals surface area contributed by atoms with Crippen molar-refractivity contribution in [2.75, 3.05) is 18.5 Å². The van der Waals surface area contributed by atoms with Crippen molar-refractivity contribution in [1.82, 2.24) is 15.3 Å². The summed E-state index contributed by atoms with van der Waals surface area (Å²) in [5.41, 5.74) is 6.50. The fourth-order valence-corrected chi connectivity index (χ4v) is 2.38. The molecule has 168 valence electrons. The number of ether oxygens (including phenoxy) is 1. The number of amides is 1. The monoisotopic (exact) mass is 438 g/mol. The van der Waals surface area contributed by atoms with E-state index in [0.29, 0.717) is 18.3 Å². The molecule has 0 fully saturated rings. The number of nitrogens with zero attached hydrogens (tertiary/aromatic N) is 3. The predicted molar refractivity (Wildman–Crippen MR) is 111 cm³/mol. The third kappa shape index (κ3) is 8.49. The first-order chi connectivity index (χ1) is 14.5. The van der Waals surface area contributed by atoms with Gasteiger partial charge in [-0.2, -0.15) is 13.2 Å². The molecular weight excluding hydrogens is 413 g/mol. The van der Waals surface area contributed by atoms with E-state index >= 15 is 0 Å². The van der Waals surface area contributed by atoms with E-state index in [0.717, 1.165) is 11.6 Å². The van der Waals surface area contributed by atoms with Gasteiger partial charge in [0.2, 0.25) is 0 Å². The minimum absolute atomic E-state index is 0.0657. The Balaban J connectivity index is 2.02. The van der Waals surface area contributed by atoms with Crippen LogP contribution < -0.4 is 21.1 Å². The summed E-state index contributed by atoms with van der Waals surface area (Å²) in [6, 6.07) is 5.39. The average Bonchev–Trinajstić information content (AvgIpc) is 2.70. The number of halogens is 3. The largest absolute Gasteiger partial charge is 0.484 e. The van der Waals surface area contributed by atoms with E-state index in [4.69, 9.17) is 5.73 Å². The number of nitrogens with one attached hydrogen (secondary N) is 2. The number of aliphatic imine (C=N–C) groups is 1. The number of guanidine groups is 1. The Morgan fingerprint density at radius 3 is 2.58 bits per heavy atom. The minimum atomic E-state index is -4.48. The zero-order chi connectivity index (χ0) is 23.0. The summed E-state index contributed by atoms with van der Waals surface area (Å²) in [5.74, 6) is 0.394. The van der Waals surface area contributed by atoms with E-state index in [1.807, 2.05) is 13.8 Å². The van der Waals surface area contributed by atoms with Crippen LogP contribution in [-0.2, 0) is 0 Å². The molecule has 0 aliphatic rings. The first-order valence-electron chi connectivity index (χ1n) is 9.53. The third-order valence-electron chi connectivity index (χ3n) is 3.88. The second-order valence-electron chi connectivity index (χ2n) is 7.19. The van der Waals surface area contributed by atoms with Gasteiger partial charge < -0.3 is 21.1 Å². The molecule has 0 aliphatic carbocycles. The van der Waals surface area contributed by atoms with Crippen LogP contribution in [0.15, 0.2) is 41.7 Å². The van der Waals surface area contributed by atoms with Crippen molar-refractivity contribution in [2.24, 2.45) is 16.6 Å². The van der Waals surface area contributed by atoms with Gasteiger partial charge in [-0.15, -0.1) is 0 Å². The molecule has 4 N–H and O–H groups in total. The molecule has 1 unspecified atom stereocenters. The Morgan fingerprint density at radius 2 is 1.90 bits per heavy atom. The molecule has 0 bridgehead atoms. The topological polar surface area (TPSA) is 115 Å². The Labute approximate surface area is 178 Å². The molecule has 0 radical (unpaired) electrons. The number of carbonyl (C=O) groups is 1. The molecule has 2 rings (SSSR count). The van der Waals surface area contributed by atoms with Gasteiger partial charge >= 0.3 is 6.18 Å². The van der Waals surface area contributed by atoms with Crippen molar-refractivity contribution < 1.29 is 22.7 Å². The lowest BCUT2D eigenvalue weighted by atomic mass is 10.1. The van der Waals surface area contributed by atoms with Crippen LogP contribution in [0.25, 0.3) is 0 Å². The fraction of sp³-hybridized carbons (Fsp3) is 0.400. The van der Waals surface area contributed by atoms with Crippen LogP contribution in [0.2, 0.25) is 0 Å². The molecule has 1 atom stereocenters. The summed E-state index contributed by atoms with van der Waals surface area (Å²) in [7, 11) is 0. The highest BCUT2D eigenvalue weighted by Crippen LogP contribution is 2.20. The average molecular weight is 438 g/mol. The molecule has 31 heavy (non-hydrogen) atoms. The van der Waals surface area contributed by atoms with Gasteiger partial charge in [-0.25, -0.2) is 4.98 Å². The number of hydrogen-bond donors (Lipinski definition) is 3. The van der Waals surface area contributed by atoms with Crippen molar-refractivity contribution in [3.63, 3.8) is 0 Å². The lowest BCUT2D eigenvalue weighted by Gasteiger charge is -2.16. The first-order valence-corrected chi connectivity index (χ1v) is 9.53. The summed E-state index contributed by atoms with van der Waals surface area (Å²) in [5, 5.41) is 5.63. The summed E-state index contributed by atoms with van der Waals surface area (Å²) in [4.78, 5) is 24.7. The van der Waals surface area contributed by atoms with Crippen LogP contribution >= 0.6 is 0 Å². The van der Waals surface area contributed by atoms with Gasteiger partial charge in [0.15, 0.2) is 12.6 Å². The number of aromatic nitrogens is 2. The molecule has 0 spiro atoms. The molecule has 11 heteroatoms. The van der Waals surface area contributed by atoms with Gasteiger partial charge in [0.05, 0.1) is 6.04 Å². The summed E-state index contributed by atoms with van der Waals surface area (Å²) < 4.78 is 41.6. The Morgan fingerprint density at radius 1 is 1.19 bits per heavy atom. The Hall–Kier alpha value is -3.37. The number of nitrogens with two attached hydrogens (primary N) is 1. The number of alkyl halides is 3. The van der Waals surface area contributed by atoms with Gasteiger partial charge in [-0.3, -0.25) is 14.8 Å². The van der Waals surface area contributed by atoms with Crippen LogP contribution in [0.5, 0.6) is 5.75 Å². The van der Waals surface area contributed by atoms with Crippen LogP contribution in [0, 0.1) is 5.92 Å². The van der Waals surface area contributed by atoms with Crippen molar-refractivity contribution >= 4 is 17.7 Å². The molecule has 2 heterocycles. The highest BCUT2D eigenvalue weighted by Gasteiger charge is 2.28. The van der Waals surface area contributed by atoms with Crippen molar-refractivity contribution in [3.05, 3.63) is 47.9 Å². The maximum Gasteiger partial charge on any atom is 0.422 e. The van der Waals surface area contributed by atoms with Crippen molar-refractivity contribution in [3.8, 4) is 5.75 Å². The maximum atomic E-state index is 12.5. The molecule has 0 saturated heterocycles. The van der Waals surface area contributed by atoms with Gasteiger partial charge in [0.25, 0.3) is 5.91 Å². The Bertz CT molecular complexity index is 918. The fourth-order valence-electron chi connectivity index (χ4n) is 2.38. The number of carbonyl (C=O) groups excluding carboxylic acids is 1. The van der Waals surface area contributed by atoms with E-state index < -0.39 is 24.7 Å². The van der Waals surface area contributed by atoms with Crippen LogP contribution in [0.4, 0.5) is 19.0 Å². The highest BCUT2D eigenvalue weighted by molar-refractivity contribution is 5.93. The zero-order valence-corrected chi connectivity index (χ0v) is 17.4. The Kier molecular flexibility index (Phi) is 8.17. The standard InChI is InChI=1S/C20H25F3N6O2/c1-12(2)10-27-19(24)29-17-8-14(4-6-26-17)13(3)28-18(30)16-9-15(5-7-25-16)31-11-20(21,22)23/h4-9,12-13H,10-11H2,1-3H3,(H,28,30)(H3,24,26,27,29). The lowest BCUT2D eigenvalue weighted by Crippen LogP contribution is -2.28. The van der Waals surface area contributed by atoms with Gasteiger partial charge in [-0.1, -0.05) is 13.8 Å². The molecule has 2 aromatic rings. The molecule has 2 aromatic heterocycles. The maximum absolute atomic E-state index is 12.5.